The zero-order chi connectivity index (χ0) is 32.5. The Labute approximate surface area is 252 Å². The second kappa shape index (κ2) is 12.5. The van der Waals surface area contributed by atoms with Crippen molar-refractivity contribution in [2.24, 2.45) is 5.92 Å². The lowest BCUT2D eigenvalue weighted by molar-refractivity contribution is -0.275. The lowest BCUT2D eigenvalue weighted by Crippen LogP contribution is -2.24. The summed E-state index contributed by atoms with van der Waals surface area (Å²) in [4.78, 5) is 0. The average molecular weight is 637 g/mol. The quantitative estimate of drug-likeness (QED) is 0.142. The Morgan fingerprint density at radius 2 is 1.36 bits per heavy atom. The fourth-order valence-electron chi connectivity index (χ4n) is 5.27. The van der Waals surface area contributed by atoms with E-state index in [9.17, 15) is 26.3 Å². The SMILES string of the molecule is CCC1C=CC(c2ccc(-c3ccc(C(F)(F)Oc4ccc(-c5ccc(OC(F)(F)F)c(F)c5)c(F)c4)c(F)c3F)cc2)CC1. The molecule has 0 bridgehead atoms. The van der Waals surface area contributed by atoms with Gasteiger partial charge in [0.05, 0.1) is 0 Å². The van der Waals surface area contributed by atoms with Gasteiger partial charge < -0.3 is 9.47 Å². The van der Waals surface area contributed by atoms with E-state index in [4.69, 9.17) is 0 Å². The van der Waals surface area contributed by atoms with Crippen LogP contribution in [0.2, 0.25) is 0 Å². The first kappa shape index (κ1) is 32.0. The van der Waals surface area contributed by atoms with Crippen LogP contribution in [0.15, 0.2) is 84.9 Å². The molecule has 1 aliphatic rings. The van der Waals surface area contributed by atoms with E-state index in [0.29, 0.717) is 30.2 Å². The Hall–Kier alpha value is -4.41. The highest BCUT2D eigenvalue weighted by Gasteiger charge is 2.40. The smallest absolute Gasteiger partial charge is 0.429 e. The molecule has 0 aromatic heterocycles. The Kier molecular flexibility index (Phi) is 8.91. The molecule has 1 aliphatic carbocycles. The van der Waals surface area contributed by atoms with Gasteiger partial charge in [0.25, 0.3) is 0 Å². The molecule has 2 atom stereocenters. The maximum Gasteiger partial charge on any atom is 0.573 e. The molecule has 0 saturated heterocycles. The molecule has 0 aliphatic heterocycles. The molecular formula is C34H25F9O2. The molecule has 2 unspecified atom stereocenters. The van der Waals surface area contributed by atoms with Crippen molar-refractivity contribution in [2.45, 2.75) is 44.6 Å². The highest BCUT2D eigenvalue weighted by Crippen LogP contribution is 2.39. The number of allylic oxidation sites excluding steroid dienone is 2. The van der Waals surface area contributed by atoms with Crippen molar-refractivity contribution in [3.05, 3.63) is 119 Å². The first-order chi connectivity index (χ1) is 21.3. The third-order valence-corrected chi connectivity index (χ3v) is 7.69. The molecule has 2 nitrogen and oxygen atoms in total. The van der Waals surface area contributed by atoms with E-state index in [1.165, 1.54) is 0 Å². The summed E-state index contributed by atoms with van der Waals surface area (Å²) in [5, 5.41) is 0. The largest absolute Gasteiger partial charge is 0.573 e. The maximum atomic E-state index is 15.1. The zero-order valence-corrected chi connectivity index (χ0v) is 23.6. The second-order valence-electron chi connectivity index (χ2n) is 10.6. The Morgan fingerprint density at radius 3 is 1.96 bits per heavy atom. The van der Waals surface area contributed by atoms with Gasteiger partial charge in [-0.15, -0.1) is 13.2 Å². The van der Waals surface area contributed by atoms with Crippen LogP contribution in [0.25, 0.3) is 22.3 Å². The summed E-state index contributed by atoms with van der Waals surface area (Å²) in [5.74, 6) is -7.21. The van der Waals surface area contributed by atoms with E-state index in [1.807, 2.05) is 0 Å². The third-order valence-electron chi connectivity index (χ3n) is 7.69. The van der Waals surface area contributed by atoms with E-state index in [2.05, 4.69) is 28.5 Å². The predicted molar refractivity (Wildman–Crippen MR) is 150 cm³/mol. The van der Waals surface area contributed by atoms with E-state index in [1.54, 1.807) is 24.3 Å². The van der Waals surface area contributed by atoms with Crippen LogP contribution in [0.4, 0.5) is 39.5 Å². The molecule has 0 spiro atoms. The van der Waals surface area contributed by atoms with E-state index in [-0.39, 0.29) is 28.2 Å². The molecule has 11 heteroatoms. The fraction of sp³-hybridized carbons (Fsp3) is 0.235. The minimum absolute atomic E-state index is 0.195. The number of alkyl halides is 5. The summed E-state index contributed by atoms with van der Waals surface area (Å²) in [5.41, 5.74) is -0.972. The van der Waals surface area contributed by atoms with Gasteiger partial charge in [-0.1, -0.05) is 55.5 Å². The fourth-order valence-corrected chi connectivity index (χ4v) is 5.27. The monoisotopic (exact) mass is 636 g/mol. The zero-order valence-electron chi connectivity index (χ0n) is 23.6. The standard InChI is InChI=1S/C34H25F9O2/c1-2-19-3-5-20(6-4-19)21-7-9-22(10-8-21)26-14-15-27(32(38)31(26)37)33(39,40)44-24-12-13-25(28(35)18-24)23-11-16-30(29(36)17-23)45-34(41,42)43/h3,5,7-20H,2,4,6H2,1H3. The number of halogens is 9. The van der Waals surface area contributed by atoms with E-state index in [0.717, 1.165) is 49.1 Å². The van der Waals surface area contributed by atoms with Gasteiger partial charge >= 0.3 is 12.5 Å². The summed E-state index contributed by atoms with van der Waals surface area (Å²) in [7, 11) is 0. The molecule has 5 rings (SSSR count). The molecule has 4 aromatic rings. The summed E-state index contributed by atoms with van der Waals surface area (Å²) < 4.78 is 134. The first-order valence-corrected chi connectivity index (χ1v) is 13.9. The highest BCUT2D eigenvalue weighted by molar-refractivity contribution is 5.67. The molecular weight excluding hydrogens is 611 g/mol. The van der Waals surface area contributed by atoms with Crippen LogP contribution in [-0.2, 0) is 6.11 Å². The lowest BCUT2D eigenvalue weighted by Gasteiger charge is -2.22. The van der Waals surface area contributed by atoms with Gasteiger partial charge in [0.1, 0.15) is 17.1 Å². The minimum atomic E-state index is -5.16. The van der Waals surface area contributed by atoms with Gasteiger partial charge in [-0.25, -0.2) is 17.6 Å². The number of hydrogen-bond acceptors (Lipinski definition) is 2. The van der Waals surface area contributed by atoms with Gasteiger partial charge in [0, 0.05) is 23.1 Å². The lowest BCUT2D eigenvalue weighted by atomic mass is 9.83. The van der Waals surface area contributed by atoms with Crippen LogP contribution in [0.5, 0.6) is 11.5 Å². The molecule has 0 heterocycles. The molecule has 0 radical (unpaired) electrons. The first-order valence-electron chi connectivity index (χ1n) is 13.9. The van der Waals surface area contributed by atoms with Crippen molar-refractivity contribution < 1.29 is 49.0 Å². The Balaban J connectivity index is 1.33. The predicted octanol–water partition coefficient (Wildman–Crippen LogP) is 11.1. The van der Waals surface area contributed by atoms with Crippen molar-refractivity contribution in [2.75, 3.05) is 0 Å². The Bertz CT molecular complexity index is 1710. The molecule has 0 amide bonds. The number of ether oxygens (including phenoxy) is 2. The van der Waals surface area contributed by atoms with Gasteiger partial charge in [-0.3, -0.25) is 0 Å². The molecule has 0 saturated carbocycles. The van der Waals surface area contributed by atoms with Crippen molar-refractivity contribution in [3.8, 4) is 33.8 Å². The van der Waals surface area contributed by atoms with Crippen LogP contribution in [-0.4, -0.2) is 6.36 Å². The number of hydrogen-bond donors (Lipinski definition) is 0. The highest BCUT2D eigenvalue weighted by atomic mass is 19.4. The summed E-state index contributed by atoms with van der Waals surface area (Å²) >= 11 is 0. The maximum absolute atomic E-state index is 15.1. The number of benzene rings is 4. The molecule has 45 heavy (non-hydrogen) atoms. The minimum Gasteiger partial charge on any atom is -0.429 e. The van der Waals surface area contributed by atoms with Crippen LogP contribution in [0.1, 0.15) is 43.2 Å². The third kappa shape index (κ3) is 7.13. The molecule has 0 N–H and O–H groups in total. The van der Waals surface area contributed by atoms with Gasteiger partial charge in [-0.2, -0.15) is 8.78 Å². The molecule has 0 fully saturated rings. The van der Waals surface area contributed by atoms with Crippen LogP contribution < -0.4 is 9.47 Å². The second-order valence-corrected chi connectivity index (χ2v) is 10.6. The van der Waals surface area contributed by atoms with Gasteiger partial charge in [0.2, 0.25) is 0 Å². The summed E-state index contributed by atoms with van der Waals surface area (Å²) in [6, 6.07) is 12.8. The van der Waals surface area contributed by atoms with E-state index >= 15 is 13.2 Å². The van der Waals surface area contributed by atoms with Crippen LogP contribution >= 0.6 is 0 Å². The molecule has 236 valence electrons. The van der Waals surface area contributed by atoms with Crippen molar-refractivity contribution in [1.29, 1.82) is 0 Å². The normalized spacial score (nSPS) is 16.9. The Morgan fingerprint density at radius 1 is 0.667 bits per heavy atom. The van der Waals surface area contributed by atoms with Crippen molar-refractivity contribution in [1.82, 2.24) is 0 Å². The van der Waals surface area contributed by atoms with Crippen LogP contribution in [0.3, 0.4) is 0 Å². The topological polar surface area (TPSA) is 18.5 Å². The van der Waals surface area contributed by atoms with Crippen molar-refractivity contribution >= 4 is 0 Å². The summed E-state index contributed by atoms with van der Waals surface area (Å²) in [6.07, 6.45) is -2.21. The summed E-state index contributed by atoms with van der Waals surface area (Å²) in [6.45, 7) is 2.13. The molecule has 4 aromatic carbocycles. The number of rotatable bonds is 8. The van der Waals surface area contributed by atoms with E-state index < -0.39 is 52.8 Å². The average Bonchev–Trinajstić information content (AvgIpc) is 2.99. The van der Waals surface area contributed by atoms with Crippen LogP contribution in [0, 0.1) is 29.2 Å². The van der Waals surface area contributed by atoms with Gasteiger partial charge in [0.15, 0.2) is 23.2 Å². The van der Waals surface area contributed by atoms with Gasteiger partial charge in [-0.05, 0) is 72.2 Å². The van der Waals surface area contributed by atoms with Crippen molar-refractivity contribution in [3.63, 3.8) is 0 Å².